The molecule has 2 rings (SSSR count). The van der Waals surface area contributed by atoms with Crippen LogP contribution in [0, 0.1) is 3.57 Å². The van der Waals surface area contributed by atoms with Gasteiger partial charge in [-0.3, -0.25) is 4.79 Å². The van der Waals surface area contributed by atoms with Crippen LogP contribution in [0.5, 0.6) is 0 Å². The molecular weight excluding hydrogens is 335 g/mol. The number of ether oxygens (including phenoxy) is 1. The summed E-state index contributed by atoms with van der Waals surface area (Å²) in [4.78, 5) is 18.2. The number of halogens is 1. The lowest BCUT2D eigenvalue weighted by molar-refractivity contribution is 0.0626. The standard InChI is InChI=1S/C10H15IN4O2/c11-7-8(13-6-14-9(7)16)15-10(5-12)1-3-17-4-2-10/h6H,1-5,12H2,(H2,13,14,15,16). The lowest BCUT2D eigenvalue weighted by atomic mass is 9.90. The van der Waals surface area contributed by atoms with Crippen molar-refractivity contribution in [3.8, 4) is 0 Å². The summed E-state index contributed by atoms with van der Waals surface area (Å²) in [6.45, 7) is 1.87. The first-order chi connectivity index (χ1) is 8.17. The third-order valence-electron chi connectivity index (χ3n) is 3.02. The summed E-state index contributed by atoms with van der Waals surface area (Å²) in [6, 6.07) is 0. The molecule has 1 aliphatic heterocycles. The Hall–Kier alpha value is -0.670. The topological polar surface area (TPSA) is 93.0 Å². The molecule has 0 unspecified atom stereocenters. The van der Waals surface area contributed by atoms with E-state index in [4.69, 9.17) is 10.5 Å². The first kappa shape index (κ1) is 12.8. The van der Waals surface area contributed by atoms with E-state index in [2.05, 4.69) is 15.3 Å². The van der Waals surface area contributed by atoms with E-state index < -0.39 is 0 Å². The Morgan fingerprint density at radius 3 is 2.94 bits per heavy atom. The minimum Gasteiger partial charge on any atom is -0.381 e. The van der Waals surface area contributed by atoms with Gasteiger partial charge in [-0.2, -0.15) is 0 Å². The highest BCUT2D eigenvalue weighted by Gasteiger charge is 2.32. The van der Waals surface area contributed by atoms with E-state index in [1.54, 1.807) is 0 Å². The molecule has 0 spiro atoms. The highest BCUT2D eigenvalue weighted by atomic mass is 127. The Kier molecular flexibility index (Phi) is 4.00. The van der Waals surface area contributed by atoms with Gasteiger partial charge in [-0.25, -0.2) is 4.98 Å². The number of nitrogens with zero attached hydrogens (tertiary/aromatic N) is 1. The molecule has 2 heterocycles. The minimum absolute atomic E-state index is 0.137. The Bertz CT molecular complexity index is 442. The lowest BCUT2D eigenvalue weighted by Crippen LogP contribution is -2.50. The number of H-pyrrole nitrogens is 1. The molecule has 0 saturated carbocycles. The molecule has 4 N–H and O–H groups in total. The molecule has 0 aliphatic carbocycles. The summed E-state index contributed by atoms with van der Waals surface area (Å²) in [7, 11) is 0. The smallest absolute Gasteiger partial charge is 0.266 e. The maximum atomic E-state index is 11.5. The monoisotopic (exact) mass is 350 g/mol. The fourth-order valence-electron chi connectivity index (χ4n) is 1.86. The van der Waals surface area contributed by atoms with Crippen LogP contribution in [-0.2, 0) is 4.74 Å². The van der Waals surface area contributed by atoms with Gasteiger partial charge in [0.1, 0.15) is 9.39 Å². The molecule has 6 nitrogen and oxygen atoms in total. The molecule has 0 atom stereocenters. The summed E-state index contributed by atoms with van der Waals surface area (Å²) in [5.41, 5.74) is 5.49. The van der Waals surface area contributed by atoms with E-state index in [9.17, 15) is 4.79 Å². The highest BCUT2D eigenvalue weighted by Crippen LogP contribution is 2.25. The largest absolute Gasteiger partial charge is 0.381 e. The van der Waals surface area contributed by atoms with Gasteiger partial charge in [-0.1, -0.05) is 0 Å². The van der Waals surface area contributed by atoms with Crippen LogP contribution < -0.4 is 16.6 Å². The Morgan fingerprint density at radius 1 is 1.59 bits per heavy atom. The van der Waals surface area contributed by atoms with E-state index >= 15 is 0 Å². The van der Waals surface area contributed by atoms with Crippen LogP contribution in [0.4, 0.5) is 5.82 Å². The number of aromatic amines is 1. The Balaban J connectivity index is 2.23. The lowest BCUT2D eigenvalue weighted by Gasteiger charge is -2.37. The zero-order valence-corrected chi connectivity index (χ0v) is 11.5. The van der Waals surface area contributed by atoms with Gasteiger partial charge in [-0.15, -0.1) is 0 Å². The first-order valence-electron chi connectivity index (χ1n) is 5.46. The van der Waals surface area contributed by atoms with Crippen molar-refractivity contribution in [2.75, 3.05) is 25.1 Å². The van der Waals surface area contributed by atoms with Crippen LogP contribution in [0.3, 0.4) is 0 Å². The molecule has 0 amide bonds. The van der Waals surface area contributed by atoms with Gasteiger partial charge in [0.2, 0.25) is 0 Å². The molecule has 1 fully saturated rings. The predicted molar refractivity (Wildman–Crippen MR) is 73.0 cm³/mol. The molecule has 0 aromatic carbocycles. The number of anilines is 1. The molecule has 0 bridgehead atoms. The Labute approximate surface area is 112 Å². The summed E-state index contributed by atoms with van der Waals surface area (Å²) in [6.07, 6.45) is 3.05. The second kappa shape index (κ2) is 5.32. The SMILES string of the molecule is NCC1(Nc2nc[nH]c(=O)c2I)CCOCC1. The molecular formula is C10H15IN4O2. The molecule has 1 saturated heterocycles. The Morgan fingerprint density at radius 2 is 2.29 bits per heavy atom. The maximum Gasteiger partial charge on any atom is 0.266 e. The van der Waals surface area contributed by atoms with Gasteiger partial charge in [0.05, 0.1) is 11.9 Å². The van der Waals surface area contributed by atoms with Crippen LogP contribution in [0.25, 0.3) is 0 Å². The molecule has 1 aromatic heterocycles. The summed E-state index contributed by atoms with van der Waals surface area (Å²) in [5.74, 6) is 0.599. The summed E-state index contributed by atoms with van der Waals surface area (Å²) in [5, 5.41) is 3.31. The van der Waals surface area contributed by atoms with Gasteiger partial charge in [0, 0.05) is 19.8 Å². The van der Waals surface area contributed by atoms with Crippen LogP contribution >= 0.6 is 22.6 Å². The number of nitrogens with two attached hydrogens (primary N) is 1. The van der Waals surface area contributed by atoms with Gasteiger partial charge >= 0.3 is 0 Å². The van der Waals surface area contributed by atoms with Crippen molar-refractivity contribution in [1.82, 2.24) is 9.97 Å². The van der Waals surface area contributed by atoms with Crippen molar-refractivity contribution in [2.45, 2.75) is 18.4 Å². The van der Waals surface area contributed by atoms with Crippen LogP contribution in [0.2, 0.25) is 0 Å². The zero-order valence-electron chi connectivity index (χ0n) is 9.33. The average Bonchev–Trinajstić information content (AvgIpc) is 2.36. The number of hydrogen-bond donors (Lipinski definition) is 3. The molecule has 7 heteroatoms. The van der Waals surface area contributed by atoms with Gasteiger partial charge in [0.25, 0.3) is 5.56 Å². The third-order valence-corrected chi connectivity index (χ3v) is 4.02. The van der Waals surface area contributed by atoms with E-state index in [1.165, 1.54) is 6.33 Å². The predicted octanol–water partition coefficient (Wildman–Crippen LogP) is 0.294. The number of hydrogen-bond acceptors (Lipinski definition) is 5. The second-order valence-electron chi connectivity index (χ2n) is 4.12. The van der Waals surface area contributed by atoms with Crippen molar-refractivity contribution in [2.24, 2.45) is 5.73 Å². The number of aromatic nitrogens is 2. The highest BCUT2D eigenvalue weighted by molar-refractivity contribution is 14.1. The molecule has 0 radical (unpaired) electrons. The van der Waals surface area contributed by atoms with Crippen molar-refractivity contribution in [3.05, 3.63) is 20.3 Å². The van der Waals surface area contributed by atoms with Crippen molar-refractivity contribution >= 4 is 28.4 Å². The fourth-order valence-corrected chi connectivity index (χ4v) is 2.29. The van der Waals surface area contributed by atoms with Crippen LogP contribution in [0.15, 0.2) is 11.1 Å². The third kappa shape index (κ3) is 2.78. The maximum absolute atomic E-state index is 11.5. The van der Waals surface area contributed by atoms with Crippen molar-refractivity contribution < 1.29 is 4.74 Å². The molecule has 1 aliphatic rings. The second-order valence-corrected chi connectivity index (χ2v) is 5.19. The van der Waals surface area contributed by atoms with Gasteiger partial charge in [-0.05, 0) is 35.4 Å². The zero-order chi connectivity index (χ0) is 12.3. The summed E-state index contributed by atoms with van der Waals surface area (Å²) >= 11 is 1.98. The van der Waals surface area contributed by atoms with E-state index in [0.29, 0.717) is 29.1 Å². The van der Waals surface area contributed by atoms with E-state index in [-0.39, 0.29) is 11.1 Å². The molecule has 1 aromatic rings. The minimum atomic E-state index is -0.209. The molecule has 94 valence electrons. The van der Waals surface area contributed by atoms with Gasteiger partial charge in [0.15, 0.2) is 0 Å². The van der Waals surface area contributed by atoms with Gasteiger partial charge < -0.3 is 20.8 Å². The van der Waals surface area contributed by atoms with E-state index in [0.717, 1.165) is 12.8 Å². The normalized spacial score (nSPS) is 18.9. The molecule has 17 heavy (non-hydrogen) atoms. The van der Waals surface area contributed by atoms with Crippen molar-refractivity contribution in [3.63, 3.8) is 0 Å². The fraction of sp³-hybridized carbons (Fsp3) is 0.600. The van der Waals surface area contributed by atoms with E-state index in [1.807, 2.05) is 22.6 Å². The number of nitrogens with one attached hydrogen (secondary N) is 2. The summed E-state index contributed by atoms with van der Waals surface area (Å²) < 4.78 is 5.89. The van der Waals surface area contributed by atoms with Crippen LogP contribution in [-0.4, -0.2) is 35.3 Å². The first-order valence-corrected chi connectivity index (χ1v) is 6.54. The quantitative estimate of drug-likeness (QED) is 0.682. The van der Waals surface area contributed by atoms with Crippen molar-refractivity contribution in [1.29, 1.82) is 0 Å². The van der Waals surface area contributed by atoms with Crippen LogP contribution in [0.1, 0.15) is 12.8 Å². The average molecular weight is 350 g/mol. The number of rotatable bonds is 3.